The summed E-state index contributed by atoms with van der Waals surface area (Å²) in [5, 5.41) is 9.48. The number of aryl methyl sites for hydroxylation is 1. The Hall–Kier alpha value is -1.65. The van der Waals surface area contributed by atoms with Crippen LogP contribution in [0.2, 0.25) is 0 Å². The van der Waals surface area contributed by atoms with Gasteiger partial charge in [0.15, 0.2) is 0 Å². The van der Waals surface area contributed by atoms with Crippen molar-refractivity contribution in [2.75, 3.05) is 18.0 Å². The maximum absolute atomic E-state index is 11.5. The number of aliphatic carboxylic acids is 1. The number of piperidine rings is 1. The molecule has 5 nitrogen and oxygen atoms in total. The maximum atomic E-state index is 11.5. The van der Waals surface area contributed by atoms with Crippen molar-refractivity contribution in [2.45, 2.75) is 39.5 Å². The third-order valence-corrected chi connectivity index (χ3v) is 4.06. The standard InChI is InChI=1S/C14H21N3O2/c1-3-4-14(13(18)19)5-9-17(10-6-14)12-11(2)15-7-8-16-12/h7-8H,3-6,9-10H2,1-2H3,(H,18,19). The second-order valence-corrected chi connectivity index (χ2v) is 5.29. The smallest absolute Gasteiger partial charge is 0.309 e. The fourth-order valence-electron chi connectivity index (χ4n) is 2.91. The number of nitrogens with zero attached hydrogens (tertiary/aromatic N) is 3. The first-order valence-electron chi connectivity index (χ1n) is 6.85. The zero-order valence-corrected chi connectivity index (χ0v) is 11.6. The summed E-state index contributed by atoms with van der Waals surface area (Å²) in [5.74, 6) is 0.239. The van der Waals surface area contributed by atoms with E-state index in [-0.39, 0.29) is 0 Å². The molecule has 104 valence electrons. The molecule has 1 aromatic rings. The molecular weight excluding hydrogens is 242 g/mol. The molecule has 0 radical (unpaired) electrons. The van der Waals surface area contributed by atoms with Crippen LogP contribution >= 0.6 is 0 Å². The summed E-state index contributed by atoms with van der Waals surface area (Å²) in [6.45, 7) is 5.47. The first kappa shape index (κ1) is 13.8. The first-order chi connectivity index (χ1) is 9.09. The molecule has 1 fully saturated rings. The largest absolute Gasteiger partial charge is 0.481 e. The molecule has 19 heavy (non-hydrogen) atoms. The van der Waals surface area contributed by atoms with Gasteiger partial charge < -0.3 is 10.0 Å². The Kier molecular flexibility index (Phi) is 4.02. The van der Waals surface area contributed by atoms with E-state index in [0.717, 1.165) is 37.4 Å². The first-order valence-corrected chi connectivity index (χ1v) is 6.85. The van der Waals surface area contributed by atoms with Crippen LogP contribution in [0.25, 0.3) is 0 Å². The van der Waals surface area contributed by atoms with Gasteiger partial charge in [-0.2, -0.15) is 0 Å². The third kappa shape index (κ3) is 2.69. The Labute approximate surface area is 113 Å². The highest BCUT2D eigenvalue weighted by atomic mass is 16.4. The number of aromatic nitrogens is 2. The lowest BCUT2D eigenvalue weighted by Gasteiger charge is -2.39. The van der Waals surface area contributed by atoms with Crippen molar-refractivity contribution in [3.63, 3.8) is 0 Å². The van der Waals surface area contributed by atoms with Crippen molar-refractivity contribution in [1.82, 2.24) is 9.97 Å². The van der Waals surface area contributed by atoms with Gasteiger partial charge >= 0.3 is 5.97 Å². The van der Waals surface area contributed by atoms with Crippen LogP contribution in [0.15, 0.2) is 12.4 Å². The van der Waals surface area contributed by atoms with Crippen LogP contribution in [-0.4, -0.2) is 34.1 Å². The summed E-state index contributed by atoms with van der Waals surface area (Å²) in [6.07, 6.45) is 6.42. The van der Waals surface area contributed by atoms with Crippen molar-refractivity contribution < 1.29 is 9.90 Å². The minimum absolute atomic E-state index is 0.540. The molecule has 1 aliphatic heterocycles. The summed E-state index contributed by atoms with van der Waals surface area (Å²) >= 11 is 0. The molecule has 0 saturated carbocycles. The molecule has 0 unspecified atom stereocenters. The molecule has 1 aliphatic rings. The Bertz CT molecular complexity index is 454. The van der Waals surface area contributed by atoms with Crippen molar-refractivity contribution >= 4 is 11.8 Å². The fraction of sp³-hybridized carbons (Fsp3) is 0.643. The Balaban J connectivity index is 2.10. The maximum Gasteiger partial charge on any atom is 0.309 e. The van der Waals surface area contributed by atoms with E-state index < -0.39 is 11.4 Å². The summed E-state index contributed by atoms with van der Waals surface area (Å²) in [4.78, 5) is 22.3. The molecule has 0 bridgehead atoms. The van der Waals surface area contributed by atoms with Crippen LogP contribution in [-0.2, 0) is 4.79 Å². The average molecular weight is 263 g/mol. The molecule has 1 N–H and O–H groups in total. The predicted octanol–water partition coefficient (Wildman–Crippen LogP) is 2.26. The van der Waals surface area contributed by atoms with Gasteiger partial charge in [-0.05, 0) is 26.2 Å². The molecular formula is C14H21N3O2. The van der Waals surface area contributed by atoms with Crippen LogP contribution in [0.3, 0.4) is 0 Å². The van der Waals surface area contributed by atoms with E-state index in [4.69, 9.17) is 0 Å². The second kappa shape index (κ2) is 5.55. The SMILES string of the molecule is CCCC1(C(=O)O)CCN(c2nccnc2C)CC1. The lowest BCUT2D eigenvalue weighted by Crippen LogP contribution is -2.45. The molecule has 2 rings (SSSR count). The van der Waals surface area contributed by atoms with Gasteiger partial charge in [-0.25, -0.2) is 4.98 Å². The van der Waals surface area contributed by atoms with E-state index in [9.17, 15) is 9.90 Å². The highest BCUT2D eigenvalue weighted by Crippen LogP contribution is 2.37. The van der Waals surface area contributed by atoms with E-state index in [2.05, 4.69) is 14.9 Å². The highest BCUT2D eigenvalue weighted by Gasteiger charge is 2.41. The van der Waals surface area contributed by atoms with Gasteiger partial charge in [0, 0.05) is 25.5 Å². The molecule has 0 aliphatic carbocycles. The van der Waals surface area contributed by atoms with Crippen molar-refractivity contribution in [1.29, 1.82) is 0 Å². The molecule has 1 saturated heterocycles. The quantitative estimate of drug-likeness (QED) is 0.902. The lowest BCUT2D eigenvalue weighted by molar-refractivity contribution is -0.150. The summed E-state index contributed by atoms with van der Waals surface area (Å²) in [6, 6.07) is 0. The average Bonchev–Trinajstić information content (AvgIpc) is 2.40. The summed E-state index contributed by atoms with van der Waals surface area (Å²) in [5.41, 5.74) is 0.363. The Morgan fingerprint density at radius 2 is 2.00 bits per heavy atom. The fourth-order valence-corrected chi connectivity index (χ4v) is 2.91. The van der Waals surface area contributed by atoms with Crippen molar-refractivity contribution in [3.8, 4) is 0 Å². The molecule has 2 heterocycles. The Morgan fingerprint density at radius 3 is 2.53 bits per heavy atom. The van der Waals surface area contributed by atoms with Gasteiger partial charge in [0.2, 0.25) is 0 Å². The second-order valence-electron chi connectivity index (χ2n) is 5.29. The van der Waals surface area contributed by atoms with Gasteiger partial charge in [0.1, 0.15) is 5.82 Å². The van der Waals surface area contributed by atoms with Crippen molar-refractivity contribution in [2.24, 2.45) is 5.41 Å². The van der Waals surface area contributed by atoms with Gasteiger partial charge in [-0.3, -0.25) is 9.78 Å². The Morgan fingerprint density at radius 1 is 1.37 bits per heavy atom. The normalized spacial score (nSPS) is 18.3. The van der Waals surface area contributed by atoms with E-state index in [1.165, 1.54) is 0 Å². The lowest BCUT2D eigenvalue weighted by atomic mass is 9.75. The molecule has 0 spiro atoms. The molecule has 5 heteroatoms. The minimum Gasteiger partial charge on any atom is -0.481 e. The van der Waals surface area contributed by atoms with Gasteiger partial charge in [-0.15, -0.1) is 0 Å². The number of carbonyl (C=O) groups is 1. The summed E-state index contributed by atoms with van der Waals surface area (Å²) in [7, 11) is 0. The number of carboxylic acids is 1. The minimum atomic E-state index is -0.648. The number of carboxylic acid groups (broad SMARTS) is 1. The highest BCUT2D eigenvalue weighted by molar-refractivity contribution is 5.75. The van der Waals surface area contributed by atoms with Crippen molar-refractivity contribution in [3.05, 3.63) is 18.1 Å². The van der Waals surface area contributed by atoms with Gasteiger partial charge in [0.25, 0.3) is 0 Å². The van der Waals surface area contributed by atoms with Crippen LogP contribution in [0, 0.1) is 12.3 Å². The van der Waals surface area contributed by atoms with E-state index >= 15 is 0 Å². The zero-order valence-electron chi connectivity index (χ0n) is 11.6. The van der Waals surface area contributed by atoms with Gasteiger partial charge in [0.05, 0.1) is 11.1 Å². The predicted molar refractivity (Wildman–Crippen MR) is 73.2 cm³/mol. The van der Waals surface area contributed by atoms with E-state index in [1.807, 2.05) is 13.8 Å². The molecule has 0 aromatic carbocycles. The molecule has 0 amide bonds. The molecule has 1 aromatic heterocycles. The van der Waals surface area contributed by atoms with Crippen LogP contribution in [0.1, 0.15) is 38.3 Å². The molecule has 0 atom stereocenters. The van der Waals surface area contributed by atoms with Gasteiger partial charge in [-0.1, -0.05) is 13.3 Å². The number of hydrogen-bond acceptors (Lipinski definition) is 4. The number of anilines is 1. The third-order valence-electron chi connectivity index (χ3n) is 4.06. The topological polar surface area (TPSA) is 66.3 Å². The van der Waals surface area contributed by atoms with E-state index in [0.29, 0.717) is 12.8 Å². The number of rotatable bonds is 4. The van der Waals surface area contributed by atoms with E-state index in [1.54, 1.807) is 12.4 Å². The number of hydrogen-bond donors (Lipinski definition) is 1. The van der Waals surface area contributed by atoms with Crippen LogP contribution < -0.4 is 4.90 Å². The summed E-state index contributed by atoms with van der Waals surface area (Å²) < 4.78 is 0. The monoisotopic (exact) mass is 263 g/mol. The zero-order chi connectivity index (χ0) is 13.9. The van der Waals surface area contributed by atoms with Crippen LogP contribution in [0.5, 0.6) is 0 Å². The van der Waals surface area contributed by atoms with Crippen LogP contribution in [0.4, 0.5) is 5.82 Å².